The summed E-state index contributed by atoms with van der Waals surface area (Å²) in [7, 11) is 0. The molecule has 5 heteroatoms. The normalized spacial score (nSPS) is 26.7. The highest BCUT2D eigenvalue weighted by Gasteiger charge is 2.22. The number of piperidine rings is 1. The molecule has 0 aromatic carbocycles. The van der Waals surface area contributed by atoms with E-state index in [-0.39, 0.29) is 6.03 Å². The van der Waals surface area contributed by atoms with Gasteiger partial charge in [0.1, 0.15) is 0 Å². The monoisotopic (exact) mass is 297 g/mol. The van der Waals surface area contributed by atoms with Crippen molar-refractivity contribution in [3.63, 3.8) is 0 Å². The zero-order chi connectivity index (χ0) is 14.9. The second kappa shape index (κ2) is 9.26. The zero-order valence-corrected chi connectivity index (χ0v) is 13.4. The molecule has 2 atom stereocenters. The van der Waals surface area contributed by atoms with Crippen molar-refractivity contribution < 1.29 is 9.53 Å². The number of rotatable bonds is 7. The summed E-state index contributed by atoms with van der Waals surface area (Å²) in [6.45, 7) is 7.72. The van der Waals surface area contributed by atoms with Crippen LogP contribution in [0.3, 0.4) is 0 Å². The Morgan fingerprint density at radius 3 is 2.86 bits per heavy atom. The van der Waals surface area contributed by atoms with E-state index in [1.807, 2.05) is 0 Å². The van der Waals surface area contributed by atoms with Gasteiger partial charge in [0.15, 0.2) is 0 Å². The predicted molar refractivity (Wildman–Crippen MR) is 84.4 cm³/mol. The number of nitrogens with one attached hydrogen (secondary N) is 2. The molecule has 0 bridgehead atoms. The minimum absolute atomic E-state index is 0.0251. The van der Waals surface area contributed by atoms with E-state index in [1.165, 1.54) is 45.2 Å². The van der Waals surface area contributed by atoms with Crippen LogP contribution in [0.25, 0.3) is 0 Å². The maximum absolute atomic E-state index is 11.9. The quantitative estimate of drug-likeness (QED) is 0.755. The molecule has 2 heterocycles. The van der Waals surface area contributed by atoms with Crippen LogP contribution in [-0.4, -0.2) is 56.4 Å². The van der Waals surface area contributed by atoms with Crippen molar-refractivity contribution in [2.45, 2.75) is 51.5 Å². The molecule has 2 N–H and O–H groups in total. The fourth-order valence-corrected chi connectivity index (χ4v) is 3.20. The Morgan fingerprint density at radius 1 is 1.24 bits per heavy atom. The van der Waals surface area contributed by atoms with Crippen molar-refractivity contribution in [1.29, 1.82) is 0 Å². The summed E-state index contributed by atoms with van der Waals surface area (Å²) < 4.78 is 5.32. The SMILES string of the molecule is CCCCN1CCCC[C@@H]1CNC(=O)NC[C@H]1CCOC1. The third-order valence-corrected chi connectivity index (χ3v) is 4.62. The van der Waals surface area contributed by atoms with Gasteiger partial charge in [-0.3, -0.25) is 4.90 Å². The molecular formula is C16H31N3O2. The molecule has 0 radical (unpaired) electrons. The smallest absolute Gasteiger partial charge is 0.314 e. The lowest BCUT2D eigenvalue weighted by Crippen LogP contribution is -2.49. The van der Waals surface area contributed by atoms with Crippen molar-refractivity contribution in [2.24, 2.45) is 5.92 Å². The average molecular weight is 297 g/mol. The third kappa shape index (κ3) is 5.83. The maximum atomic E-state index is 11.9. The van der Waals surface area contributed by atoms with Crippen LogP contribution in [0.4, 0.5) is 4.79 Å². The Morgan fingerprint density at radius 2 is 2.10 bits per heavy atom. The minimum Gasteiger partial charge on any atom is -0.381 e. The molecule has 2 saturated heterocycles. The summed E-state index contributed by atoms with van der Waals surface area (Å²) in [6.07, 6.45) is 7.35. The number of carbonyl (C=O) groups excluding carboxylic acids is 1. The van der Waals surface area contributed by atoms with E-state index in [0.717, 1.165) is 32.7 Å². The molecule has 5 nitrogen and oxygen atoms in total. The molecule has 0 aromatic heterocycles. The first-order chi connectivity index (χ1) is 10.3. The molecule has 0 aromatic rings. The van der Waals surface area contributed by atoms with Gasteiger partial charge in [-0.25, -0.2) is 4.79 Å². The van der Waals surface area contributed by atoms with E-state index in [9.17, 15) is 4.79 Å². The summed E-state index contributed by atoms with van der Waals surface area (Å²) in [4.78, 5) is 14.4. The zero-order valence-electron chi connectivity index (χ0n) is 13.4. The number of nitrogens with zero attached hydrogens (tertiary/aromatic N) is 1. The summed E-state index contributed by atoms with van der Waals surface area (Å²) in [6, 6.07) is 0.494. The van der Waals surface area contributed by atoms with Crippen LogP contribution in [0.2, 0.25) is 0 Å². The molecule has 0 spiro atoms. The Bertz CT molecular complexity index is 306. The van der Waals surface area contributed by atoms with E-state index >= 15 is 0 Å². The lowest BCUT2D eigenvalue weighted by molar-refractivity contribution is 0.144. The van der Waals surface area contributed by atoms with Gasteiger partial charge in [0.2, 0.25) is 0 Å². The molecule has 2 aliphatic heterocycles. The maximum Gasteiger partial charge on any atom is 0.314 e. The Balaban J connectivity index is 1.63. The number of hydrogen-bond acceptors (Lipinski definition) is 3. The lowest BCUT2D eigenvalue weighted by atomic mass is 10.0. The van der Waals surface area contributed by atoms with Crippen molar-refractivity contribution >= 4 is 6.03 Å². The van der Waals surface area contributed by atoms with E-state index in [0.29, 0.717) is 12.0 Å². The van der Waals surface area contributed by atoms with Gasteiger partial charge >= 0.3 is 6.03 Å². The first-order valence-corrected chi connectivity index (χ1v) is 8.63. The van der Waals surface area contributed by atoms with Gasteiger partial charge < -0.3 is 15.4 Å². The molecule has 2 fully saturated rings. The Hall–Kier alpha value is -0.810. The number of hydrogen-bond donors (Lipinski definition) is 2. The van der Waals surface area contributed by atoms with Crippen molar-refractivity contribution in [1.82, 2.24) is 15.5 Å². The van der Waals surface area contributed by atoms with Gasteiger partial charge in [-0.2, -0.15) is 0 Å². The molecule has 0 saturated carbocycles. The number of amides is 2. The first-order valence-electron chi connectivity index (χ1n) is 8.63. The fourth-order valence-electron chi connectivity index (χ4n) is 3.20. The molecule has 0 unspecified atom stereocenters. The van der Waals surface area contributed by atoms with E-state index < -0.39 is 0 Å². The summed E-state index contributed by atoms with van der Waals surface area (Å²) in [5, 5.41) is 6.02. The largest absolute Gasteiger partial charge is 0.381 e. The lowest BCUT2D eigenvalue weighted by Gasteiger charge is -2.35. The second-order valence-electron chi connectivity index (χ2n) is 6.36. The van der Waals surface area contributed by atoms with Gasteiger partial charge in [-0.15, -0.1) is 0 Å². The van der Waals surface area contributed by atoms with Gasteiger partial charge in [0.05, 0.1) is 6.61 Å². The molecule has 0 aliphatic carbocycles. The topological polar surface area (TPSA) is 53.6 Å². The average Bonchev–Trinajstić information content (AvgIpc) is 3.03. The van der Waals surface area contributed by atoms with Crippen LogP contribution in [-0.2, 0) is 4.74 Å². The van der Waals surface area contributed by atoms with Crippen LogP contribution >= 0.6 is 0 Å². The highest BCUT2D eigenvalue weighted by Crippen LogP contribution is 2.17. The Kier molecular flexibility index (Phi) is 7.30. The molecular weight excluding hydrogens is 266 g/mol. The van der Waals surface area contributed by atoms with Crippen molar-refractivity contribution in [3.05, 3.63) is 0 Å². The number of likely N-dealkylation sites (tertiary alicyclic amines) is 1. The molecule has 2 amide bonds. The highest BCUT2D eigenvalue weighted by molar-refractivity contribution is 5.73. The van der Waals surface area contributed by atoms with Crippen LogP contribution < -0.4 is 10.6 Å². The molecule has 122 valence electrons. The van der Waals surface area contributed by atoms with Crippen LogP contribution in [0.5, 0.6) is 0 Å². The fraction of sp³-hybridized carbons (Fsp3) is 0.938. The molecule has 2 rings (SSSR count). The van der Waals surface area contributed by atoms with Gasteiger partial charge in [0, 0.05) is 31.7 Å². The van der Waals surface area contributed by atoms with Crippen molar-refractivity contribution in [3.8, 4) is 0 Å². The third-order valence-electron chi connectivity index (χ3n) is 4.62. The van der Waals surface area contributed by atoms with Gasteiger partial charge in [-0.1, -0.05) is 19.8 Å². The molecule has 2 aliphatic rings. The summed E-state index contributed by atoms with van der Waals surface area (Å²) in [5.74, 6) is 0.492. The number of ether oxygens (including phenoxy) is 1. The number of unbranched alkanes of at least 4 members (excludes halogenated alkanes) is 1. The predicted octanol–water partition coefficient (Wildman–Crippen LogP) is 1.98. The van der Waals surface area contributed by atoms with E-state index in [1.54, 1.807) is 0 Å². The van der Waals surface area contributed by atoms with Crippen LogP contribution in [0, 0.1) is 5.92 Å². The second-order valence-corrected chi connectivity index (χ2v) is 6.36. The number of carbonyl (C=O) groups is 1. The van der Waals surface area contributed by atoms with Gasteiger partial charge in [-0.05, 0) is 38.8 Å². The number of urea groups is 1. The van der Waals surface area contributed by atoms with E-state index in [2.05, 4.69) is 22.5 Å². The van der Waals surface area contributed by atoms with Crippen LogP contribution in [0.1, 0.15) is 45.4 Å². The van der Waals surface area contributed by atoms with Crippen LogP contribution in [0.15, 0.2) is 0 Å². The van der Waals surface area contributed by atoms with Crippen molar-refractivity contribution in [2.75, 3.05) is 39.4 Å². The molecule has 21 heavy (non-hydrogen) atoms. The van der Waals surface area contributed by atoms with Gasteiger partial charge in [0.25, 0.3) is 0 Å². The standard InChI is InChI=1S/C16H31N3O2/c1-2-3-8-19-9-5-4-6-15(19)12-18-16(20)17-11-14-7-10-21-13-14/h14-15H,2-13H2,1H3,(H2,17,18,20)/t14-,15-/m1/s1. The minimum atomic E-state index is -0.0251. The van der Waals surface area contributed by atoms with E-state index in [4.69, 9.17) is 4.74 Å². The highest BCUT2D eigenvalue weighted by atomic mass is 16.5. The first kappa shape index (κ1) is 16.6. The Labute approximate surface area is 128 Å². The summed E-state index contributed by atoms with van der Waals surface area (Å²) in [5.41, 5.74) is 0. The summed E-state index contributed by atoms with van der Waals surface area (Å²) >= 11 is 0.